The van der Waals surface area contributed by atoms with Crippen molar-refractivity contribution in [2.24, 2.45) is 5.73 Å². The minimum Gasteiger partial charge on any atom is -0.366 e. The summed E-state index contributed by atoms with van der Waals surface area (Å²) >= 11 is 0. The zero-order chi connectivity index (χ0) is 12.4. The van der Waals surface area contributed by atoms with Gasteiger partial charge < -0.3 is 5.73 Å². The SMILES string of the molecule is Cc1cccc(-c2cccc(C(N)=O)c2)c1C.Cl.Cl. The van der Waals surface area contributed by atoms with Gasteiger partial charge in [0.25, 0.3) is 0 Å². The lowest BCUT2D eigenvalue weighted by atomic mass is 9.96. The number of benzene rings is 2. The van der Waals surface area contributed by atoms with E-state index in [1.54, 1.807) is 6.07 Å². The number of amides is 1. The minimum atomic E-state index is -0.392. The highest BCUT2D eigenvalue weighted by Crippen LogP contribution is 2.25. The highest BCUT2D eigenvalue weighted by Gasteiger charge is 2.06. The lowest BCUT2D eigenvalue weighted by Crippen LogP contribution is -2.10. The van der Waals surface area contributed by atoms with Crippen LogP contribution in [0.15, 0.2) is 42.5 Å². The van der Waals surface area contributed by atoms with Gasteiger partial charge in [0.1, 0.15) is 0 Å². The molecule has 0 fully saturated rings. The van der Waals surface area contributed by atoms with Crippen LogP contribution in [0.3, 0.4) is 0 Å². The highest BCUT2D eigenvalue weighted by molar-refractivity contribution is 5.94. The van der Waals surface area contributed by atoms with Gasteiger partial charge in [-0.1, -0.05) is 30.3 Å². The summed E-state index contributed by atoms with van der Waals surface area (Å²) in [5.74, 6) is -0.392. The van der Waals surface area contributed by atoms with Gasteiger partial charge in [-0.3, -0.25) is 4.79 Å². The Morgan fingerprint density at radius 2 is 1.63 bits per heavy atom. The van der Waals surface area contributed by atoms with E-state index in [4.69, 9.17) is 5.73 Å². The fourth-order valence-electron chi connectivity index (χ4n) is 1.90. The maximum absolute atomic E-state index is 11.2. The number of aryl methyl sites for hydroxylation is 1. The van der Waals surface area contributed by atoms with Crippen LogP contribution in [0.5, 0.6) is 0 Å². The molecule has 0 bridgehead atoms. The Hall–Kier alpha value is -1.51. The molecule has 0 aliphatic heterocycles. The van der Waals surface area contributed by atoms with Crippen LogP contribution in [0.4, 0.5) is 0 Å². The summed E-state index contributed by atoms with van der Waals surface area (Å²) in [5.41, 5.74) is 10.5. The molecule has 0 atom stereocenters. The van der Waals surface area contributed by atoms with Crippen molar-refractivity contribution in [3.63, 3.8) is 0 Å². The van der Waals surface area contributed by atoms with Crippen molar-refractivity contribution >= 4 is 30.7 Å². The summed E-state index contributed by atoms with van der Waals surface area (Å²) in [7, 11) is 0. The van der Waals surface area contributed by atoms with E-state index >= 15 is 0 Å². The van der Waals surface area contributed by atoms with Crippen LogP contribution >= 0.6 is 24.8 Å². The Morgan fingerprint density at radius 3 is 2.26 bits per heavy atom. The summed E-state index contributed by atoms with van der Waals surface area (Å²) in [4.78, 5) is 11.2. The van der Waals surface area contributed by atoms with E-state index < -0.39 is 5.91 Å². The first-order valence-corrected chi connectivity index (χ1v) is 5.56. The zero-order valence-corrected chi connectivity index (χ0v) is 12.5. The van der Waals surface area contributed by atoms with Crippen molar-refractivity contribution in [3.8, 4) is 11.1 Å². The van der Waals surface area contributed by atoms with Crippen LogP contribution in [0.25, 0.3) is 11.1 Å². The fraction of sp³-hybridized carbons (Fsp3) is 0.133. The molecule has 19 heavy (non-hydrogen) atoms. The average molecular weight is 298 g/mol. The van der Waals surface area contributed by atoms with E-state index in [-0.39, 0.29) is 24.8 Å². The Kier molecular flexibility index (Phi) is 6.60. The van der Waals surface area contributed by atoms with Crippen LogP contribution in [-0.4, -0.2) is 5.91 Å². The Morgan fingerprint density at radius 1 is 1.00 bits per heavy atom. The maximum atomic E-state index is 11.2. The molecule has 2 N–H and O–H groups in total. The highest BCUT2D eigenvalue weighted by atomic mass is 35.5. The van der Waals surface area contributed by atoms with Gasteiger partial charge in [0, 0.05) is 5.56 Å². The molecule has 0 radical (unpaired) electrons. The summed E-state index contributed by atoms with van der Waals surface area (Å²) < 4.78 is 0. The molecule has 0 unspecified atom stereocenters. The molecule has 2 nitrogen and oxygen atoms in total. The number of carbonyl (C=O) groups excluding carboxylic acids is 1. The van der Waals surface area contributed by atoms with Gasteiger partial charge >= 0.3 is 0 Å². The summed E-state index contributed by atoms with van der Waals surface area (Å²) in [6.07, 6.45) is 0. The van der Waals surface area contributed by atoms with E-state index in [0.717, 1.165) is 11.1 Å². The van der Waals surface area contributed by atoms with E-state index in [1.807, 2.05) is 24.3 Å². The summed E-state index contributed by atoms with van der Waals surface area (Å²) in [6, 6.07) is 13.6. The van der Waals surface area contributed by atoms with E-state index in [0.29, 0.717) is 5.56 Å². The van der Waals surface area contributed by atoms with Crippen LogP contribution in [0.2, 0.25) is 0 Å². The largest absolute Gasteiger partial charge is 0.366 e. The van der Waals surface area contributed by atoms with Gasteiger partial charge in [-0.25, -0.2) is 0 Å². The molecular weight excluding hydrogens is 281 g/mol. The number of primary amides is 1. The number of hydrogen-bond acceptors (Lipinski definition) is 1. The van der Waals surface area contributed by atoms with Gasteiger partial charge in [-0.2, -0.15) is 0 Å². The normalized spacial score (nSPS) is 9.16. The predicted octanol–water partition coefficient (Wildman–Crippen LogP) is 3.91. The Balaban J connectivity index is 0.00000162. The number of nitrogens with two attached hydrogens (primary N) is 1. The monoisotopic (exact) mass is 297 g/mol. The van der Waals surface area contributed by atoms with Gasteiger partial charge in [0.15, 0.2) is 0 Å². The lowest BCUT2D eigenvalue weighted by Gasteiger charge is -2.09. The molecular formula is C15H17Cl2NO. The van der Waals surface area contributed by atoms with E-state index in [2.05, 4.69) is 26.0 Å². The first-order chi connectivity index (χ1) is 8.09. The average Bonchev–Trinajstić information content (AvgIpc) is 2.33. The van der Waals surface area contributed by atoms with Crippen molar-refractivity contribution in [1.82, 2.24) is 0 Å². The minimum absolute atomic E-state index is 0. The standard InChI is InChI=1S/C15H15NO.2ClH/c1-10-5-3-8-14(11(10)2)12-6-4-7-13(9-12)15(16)17;;/h3-9H,1-2H3,(H2,16,17);2*1H. The van der Waals surface area contributed by atoms with E-state index in [1.165, 1.54) is 11.1 Å². The van der Waals surface area contributed by atoms with Crippen LogP contribution in [0, 0.1) is 13.8 Å². The summed E-state index contributed by atoms with van der Waals surface area (Å²) in [6.45, 7) is 4.17. The molecule has 0 heterocycles. The van der Waals surface area contributed by atoms with Crippen LogP contribution in [0.1, 0.15) is 21.5 Å². The molecule has 2 aromatic carbocycles. The van der Waals surface area contributed by atoms with Crippen molar-refractivity contribution in [3.05, 3.63) is 59.2 Å². The van der Waals surface area contributed by atoms with Crippen molar-refractivity contribution in [2.45, 2.75) is 13.8 Å². The van der Waals surface area contributed by atoms with Gasteiger partial charge in [-0.05, 0) is 48.2 Å². The summed E-state index contributed by atoms with van der Waals surface area (Å²) in [5, 5.41) is 0. The van der Waals surface area contributed by atoms with Crippen molar-refractivity contribution in [2.75, 3.05) is 0 Å². The third-order valence-corrected chi connectivity index (χ3v) is 3.06. The third-order valence-electron chi connectivity index (χ3n) is 3.06. The number of hydrogen-bond donors (Lipinski definition) is 1. The molecule has 0 aliphatic rings. The van der Waals surface area contributed by atoms with Crippen molar-refractivity contribution < 1.29 is 4.79 Å². The maximum Gasteiger partial charge on any atom is 0.248 e. The van der Waals surface area contributed by atoms with Crippen LogP contribution < -0.4 is 5.73 Å². The number of rotatable bonds is 2. The second-order valence-corrected chi connectivity index (χ2v) is 4.19. The fourth-order valence-corrected chi connectivity index (χ4v) is 1.90. The molecule has 0 spiro atoms. The Labute approximate surface area is 125 Å². The molecule has 2 aromatic rings. The van der Waals surface area contributed by atoms with Crippen LogP contribution in [-0.2, 0) is 0 Å². The second-order valence-electron chi connectivity index (χ2n) is 4.19. The lowest BCUT2D eigenvalue weighted by molar-refractivity contribution is 0.100. The topological polar surface area (TPSA) is 43.1 Å². The molecule has 1 amide bonds. The van der Waals surface area contributed by atoms with Crippen molar-refractivity contribution in [1.29, 1.82) is 0 Å². The molecule has 0 aliphatic carbocycles. The molecule has 2 rings (SSSR count). The first-order valence-electron chi connectivity index (χ1n) is 5.56. The van der Waals surface area contributed by atoms with Gasteiger partial charge in [-0.15, -0.1) is 24.8 Å². The number of carbonyl (C=O) groups is 1. The number of halogens is 2. The van der Waals surface area contributed by atoms with Gasteiger partial charge in [0.2, 0.25) is 5.91 Å². The molecule has 0 saturated carbocycles. The smallest absolute Gasteiger partial charge is 0.248 e. The molecule has 0 saturated heterocycles. The predicted molar refractivity (Wildman–Crippen MR) is 84.4 cm³/mol. The first kappa shape index (κ1) is 17.5. The quantitative estimate of drug-likeness (QED) is 0.897. The third kappa shape index (κ3) is 3.72. The van der Waals surface area contributed by atoms with Gasteiger partial charge in [0.05, 0.1) is 0 Å². The molecule has 0 aromatic heterocycles. The zero-order valence-electron chi connectivity index (χ0n) is 10.8. The molecule has 4 heteroatoms. The Bertz CT molecular complexity index is 582. The molecule has 102 valence electrons. The van der Waals surface area contributed by atoms with E-state index in [9.17, 15) is 4.79 Å². The second kappa shape index (κ2) is 7.17.